The smallest absolute Gasteiger partial charge is 0.436 e. The Morgan fingerprint density at radius 1 is 0.792 bits per heavy atom. The Bertz CT molecular complexity index is 2140. The molecule has 9 heteroatoms. The molecule has 3 aromatic heterocycles. The molecule has 4 aromatic carbocycles. The average Bonchev–Trinajstić information content (AvgIpc) is 3.90. The number of anilines is 1. The van der Waals surface area contributed by atoms with E-state index in [9.17, 15) is 0 Å². The summed E-state index contributed by atoms with van der Waals surface area (Å²) >= 11 is 0. The maximum absolute atomic E-state index is 5.45. The Labute approximate surface area is 295 Å². The van der Waals surface area contributed by atoms with Gasteiger partial charge in [-0.1, -0.05) is 40.6 Å². The normalized spacial score (nSPS) is 14.1. The minimum atomic E-state index is -0.654. The zero-order valence-corrected chi connectivity index (χ0v) is 29.6. The molecule has 8 rings (SSSR count). The topological polar surface area (TPSA) is 56.7 Å². The predicted molar refractivity (Wildman–Crippen MR) is 186 cm³/mol. The van der Waals surface area contributed by atoms with Crippen molar-refractivity contribution in [1.82, 2.24) is 29.0 Å². The second-order valence-corrected chi connectivity index (χ2v) is 12.3. The third-order valence-electron chi connectivity index (χ3n) is 9.53. The molecule has 0 amide bonds. The van der Waals surface area contributed by atoms with Gasteiger partial charge in [0, 0.05) is 36.8 Å². The van der Waals surface area contributed by atoms with Gasteiger partial charge in [-0.25, -0.2) is 0 Å². The monoisotopic (exact) mass is 803 g/mol. The van der Waals surface area contributed by atoms with Gasteiger partial charge in [-0.05, 0) is 45.4 Å². The molecule has 1 aliphatic heterocycles. The molecule has 4 heterocycles. The summed E-state index contributed by atoms with van der Waals surface area (Å²) in [7, 11) is 2.17. The fourth-order valence-corrected chi connectivity index (χ4v) is 7.11. The summed E-state index contributed by atoms with van der Waals surface area (Å²) in [5.74, 6) is 0.857. The van der Waals surface area contributed by atoms with E-state index in [1.54, 1.807) is 0 Å². The van der Waals surface area contributed by atoms with E-state index in [2.05, 4.69) is 109 Å². The molecule has 0 fully saturated rings. The fraction of sp³-hybridized carbons (Fsp3) is 0.154. The van der Waals surface area contributed by atoms with E-state index in [0.717, 1.165) is 39.5 Å². The van der Waals surface area contributed by atoms with E-state index < -0.39 is 5.54 Å². The first-order valence-electron chi connectivity index (χ1n) is 15.8. The number of aromatic nitrogens is 6. The van der Waals surface area contributed by atoms with Crippen molar-refractivity contribution in [3.63, 3.8) is 0 Å². The third kappa shape index (κ3) is 5.05. The zero-order valence-electron chi connectivity index (χ0n) is 27.2. The molecule has 0 saturated heterocycles. The van der Waals surface area contributed by atoms with Crippen molar-refractivity contribution in [3.8, 4) is 11.4 Å². The van der Waals surface area contributed by atoms with Crippen molar-refractivity contribution >= 4 is 18.1 Å². The molecule has 7 aromatic rings. The Kier molecular flexibility index (Phi) is 8.28. The maximum atomic E-state index is 5.45. The minimum absolute atomic E-state index is 0. The number of imidazole rings is 1. The Hall–Kier alpha value is -4.98. The van der Waals surface area contributed by atoms with Crippen LogP contribution in [0.1, 0.15) is 46.5 Å². The molecule has 0 radical (unpaired) electrons. The summed E-state index contributed by atoms with van der Waals surface area (Å²) in [6.07, 6.45) is 9.81. The van der Waals surface area contributed by atoms with Crippen molar-refractivity contribution in [2.24, 2.45) is 0 Å². The summed E-state index contributed by atoms with van der Waals surface area (Å²) < 4.78 is 6.26. The van der Waals surface area contributed by atoms with E-state index >= 15 is 0 Å². The quantitative estimate of drug-likeness (QED) is 0.145. The number of fused-ring (bicyclic) bond motifs is 3. The molecular formula is C39H33BIrN7. The average molecular weight is 803 g/mol. The largest absolute Gasteiger partial charge is 3.00 e. The molecule has 2 atom stereocenters. The van der Waals surface area contributed by atoms with E-state index in [4.69, 9.17) is 10.1 Å². The molecule has 0 N–H and O–H groups in total. The summed E-state index contributed by atoms with van der Waals surface area (Å²) in [5.41, 5.74) is 8.92. The standard InChI is InChI=1S/C39H33BN7.Ir/c1-28-14-11-15-29(2)36(28)40-44(4)35-21-20-32(39(3,47-25-13-23-42-47)31-18-9-6-10-19-31)26-33(35)38-43-34(27-45(38)40)37(46-24-12-22-41-46)30-16-7-5-8-17-30;/h5-16,18,20-25,27,37H,1-4H3;/q-3;+3/t37-,39?;/m1./s1. The van der Waals surface area contributed by atoms with Crippen LogP contribution < -0.4 is 10.3 Å². The Balaban J connectivity index is 0.00000364. The summed E-state index contributed by atoms with van der Waals surface area (Å²) in [6.45, 7) is 6.44. The second-order valence-electron chi connectivity index (χ2n) is 12.3. The molecule has 1 aliphatic rings. The molecule has 0 aliphatic carbocycles. The number of hydrogen-bond acceptors (Lipinski definition) is 4. The number of benzene rings is 4. The summed E-state index contributed by atoms with van der Waals surface area (Å²) in [5, 5.41) is 9.37. The molecule has 7 nitrogen and oxygen atoms in total. The first-order valence-corrected chi connectivity index (χ1v) is 15.8. The van der Waals surface area contributed by atoms with Gasteiger partial charge >= 0.3 is 27.1 Å². The van der Waals surface area contributed by atoms with Gasteiger partial charge in [0.05, 0.1) is 17.3 Å². The van der Waals surface area contributed by atoms with E-state index in [1.807, 2.05) is 82.7 Å². The van der Waals surface area contributed by atoms with Gasteiger partial charge < -0.3 is 9.29 Å². The van der Waals surface area contributed by atoms with Crippen LogP contribution in [0.3, 0.4) is 0 Å². The van der Waals surface area contributed by atoms with Gasteiger partial charge in [0.25, 0.3) is 0 Å². The van der Waals surface area contributed by atoms with Gasteiger partial charge in [0.1, 0.15) is 0 Å². The summed E-state index contributed by atoms with van der Waals surface area (Å²) in [4.78, 5) is 7.80. The Morgan fingerprint density at radius 2 is 1.54 bits per heavy atom. The van der Waals surface area contributed by atoms with Gasteiger partial charge in [-0.2, -0.15) is 70.9 Å². The van der Waals surface area contributed by atoms with Crippen molar-refractivity contribution in [1.29, 1.82) is 0 Å². The van der Waals surface area contributed by atoms with Crippen molar-refractivity contribution in [2.45, 2.75) is 32.4 Å². The third-order valence-corrected chi connectivity index (χ3v) is 9.53. The molecule has 236 valence electrons. The van der Waals surface area contributed by atoms with E-state index in [0.29, 0.717) is 0 Å². The van der Waals surface area contributed by atoms with Crippen molar-refractivity contribution < 1.29 is 20.1 Å². The molecular weight excluding hydrogens is 770 g/mol. The second kappa shape index (κ2) is 12.6. The van der Waals surface area contributed by atoms with Gasteiger partial charge in [-0.15, -0.1) is 34.9 Å². The van der Waals surface area contributed by atoms with E-state index in [1.165, 1.54) is 16.6 Å². The molecule has 48 heavy (non-hydrogen) atoms. The number of rotatable bonds is 7. The summed E-state index contributed by atoms with van der Waals surface area (Å²) in [6, 6.07) is 41.5. The van der Waals surface area contributed by atoms with Crippen LogP contribution in [0.2, 0.25) is 0 Å². The minimum Gasteiger partial charge on any atom is -0.436 e. The number of nitrogens with zero attached hydrogens (tertiary/aromatic N) is 7. The predicted octanol–water partition coefficient (Wildman–Crippen LogP) is 6.10. The number of aryl methyl sites for hydroxylation is 2. The maximum Gasteiger partial charge on any atom is 3.00 e. The van der Waals surface area contributed by atoms with Crippen LogP contribution in [-0.4, -0.2) is 43.1 Å². The van der Waals surface area contributed by atoms with Crippen LogP contribution in [0.25, 0.3) is 11.4 Å². The van der Waals surface area contributed by atoms with E-state index in [-0.39, 0.29) is 33.1 Å². The fourth-order valence-electron chi connectivity index (χ4n) is 7.11. The molecule has 0 saturated carbocycles. The Morgan fingerprint density at radius 3 is 2.21 bits per heavy atom. The van der Waals surface area contributed by atoms with Crippen LogP contribution in [0, 0.1) is 32.0 Å². The van der Waals surface area contributed by atoms with Crippen molar-refractivity contribution in [2.75, 3.05) is 11.9 Å². The molecule has 0 bridgehead atoms. The van der Waals surface area contributed by atoms with Gasteiger partial charge in [0.2, 0.25) is 0 Å². The SMILES string of the molecule is Cc1cccc(C)c1B1N(C)c2ccc(C(C)(c3[c-]cccc3)n3cccn3)[c-]c2-c2nc([C@@H](c3[c-]cccc3)n3cccn3)cn21.[Ir+3]. The van der Waals surface area contributed by atoms with Crippen LogP contribution in [0.15, 0.2) is 122 Å². The van der Waals surface area contributed by atoms with Crippen LogP contribution in [-0.2, 0) is 25.6 Å². The molecule has 1 unspecified atom stereocenters. The number of hydrogen-bond donors (Lipinski definition) is 0. The van der Waals surface area contributed by atoms with Crippen molar-refractivity contribution in [3.05, 3.63) is 174 Å². The first-order chi connectivity index (χ1) is 22.9. The van der Waals surface area contributed by atoms with Gasteiger partial charge in [0.15, 0.2) is 0 Å². The zero-order chi connectivity index (χ0) is 32.1. The van der Waals surface area contributed by atoms with Crippen LogP contribution in [0.5, 0.6) is 0 Å². The van der Waals surface area contributed by atoms with Gasteiger partial charge in [-0.3, -0.25) is 14.3 Å². The first kappa shape index (κ1) is 31.6. The van der Waals surface area contributed by atoms with Crippen LogP contribution in [0.4, 0.5) is 5.69 Å². The van der Waals surface area contributed by atoms with Crippen LogP contribution >= 0.6 is 0 Å². The molecule has 0 spiro atoms.